The number of benzene rings is 2. The molecule has 0 atom stereocenters. The summed E-state index contributed by atoms with van der Waals surface area (Å²) in [5.74, 6) is -3.60. The third-order valence-electron chi connectivity index (χ3n) is 3.23. The lowest BCUT2D eigenvalue weighted by Gasteiger charge is -2.07. The Balaban J connectivity index is 2.04. The Labute approximate surface area is 142 Å². The summed E-state index contributed by atoms with van der Waals surface area (Å²) < 4.78 is 55.0. The van der Waals surface area contributed by atoms with Gasteiger partial charge in [-0.1, -0.05) is 37.6 Å². The molecule has 0 N–H and O–H groups in total. The Bertz CT molecular complexity index is 735. The highest BCUT2D eigenvalue weighted by atomic mass is 19.3. The van der Waals surface area contributed by atoms with Crippen LogP contribution in [0.5, 0.6) is 5.75 Å². The lowest BCUT2D eigenvalue weighted by atomic mass is 10.1. The van der Waals surface area contributed by atoms with E-state index in [1.54, 1.807) is 0 Å². The SMILES string of the molecule is CCCc1ccc(/C=N/N=C/c2cc(F)c(OC(F)F)c(F)c2)cc1. The topological polar surface area (TPSA) is 34.0 Å². The van der Waals surface area contributed by atoms with Gasteiger partial charge in [0.05, 0.1) is 12.4 Å². The van der Waals surface area contributed by atoms with Gasteiger partial charge in [0, 0.05) is 5.56 Å². The summed E-state index contributed by atoms with van der Waals surface area (Å²) in [6.45, 7) is -1.21. The molecule has 0 saturated heterocycles. The van der Waals surface area contributed by atoms with Crippen LogP contribution in [0.4, 0.5) is 17.6 Å². The van der Waals surface area contributed by atoms with Gasteiger partial charge in [0.2, 0.25) is 0 Å². The van der Waals surface area contributed by atoms with Crippen LogP contribution in [0.25, 0.3) is 0 Å². The third-order valence-corrected chi connectivity index (χ3v) is 3.23. The molecule has 2 aromatic carbocycles. The van der Waals surface area contributed by atoms with Gasteiger partial charge >= 0.3 is 6.61 Å². The van der Waals surface area contributed by atoms with Crippen LogP contribution >= 0.6 is 0 Å². The average molecular weight is 352 g/mol. The number of hydrogen-bond donors (Lipinski definition) is 0. The molecule has 25 heavy (non-hydrogen) atoms. The highest BCUT2D eigenvalue weighted by molar-refractivity contribution is 5.82. The van der Waals surface area contributed by atoms with Crippen molar-refractivity contribution < 1.29 is 22.3 Å². The van der Waals surface area contributed by atoms with Gasteiger partial charge < -0.3 is 4.74 Å². The summed E-state index contributed by atoms with van der Waals surface area (Å²) in [7, 11) is 0. The fraction of sp³-hybridized carbons (Fsp3) is 0.222. The van der Waals surface area contributed by atoms with Gasteiger partial charge in [0.1, 0.15) is 0 Å². The van der Waals surface area contributed by atoms with Crippen LogP contribution in [0, 0.1) is 11.6 Å². The molecule has 0 fully saturated rings. The molecule has 0 aliphatic rings. The number of rotatable bonds is 7. The molecule has 0 saturated carbocycles. The number of nitrogens with zero attached hydrogens (tertiary/aromatic N) is 2. The second-order valence-corrected chi connectivity index (χ2v) is 5.17. The fourth-order valence-corrected chi connectivity index (χ4v) is 2.11. The third kappa shape index (κ3) is 5.70. The summed E-state index contributed by atoms with van der Waals surface area (Å²) in [5, 5.41) is 7.48. The molecule has 0 amide bonds. The highest BCUT2D eigenvalue weighted by Crippen LogP contribution is 2.24. The minimum Gasteiger partial charge on any atom is -0.429 e. The first-order chi connectivity index (χ1) is 12.0. The zero-order valence-corrected chi connectivity index (χ0v) is 13.4. The molecule has 2 rings (SSSR count). The van der Waals surface area contributed by atoms with Crippen molar-refractivity contribution in [2.24, 2.45) is 10.2 Å². The quantitative estimate of drug-likeness (QED) is 0.393. The first kappa shape index (κ1) is 18.6. The summed E-state index contributed by atoms with van der Waals surface area (Å²) in [6.07, 6.45) is 4.66. The molecule has 3 nitrogen and oxygen atoms in total. The number of aryl methyl sites for hydroxylation is 1. The summed E-state index contributed by atoms with van der Waals surface area (Å²) >= 11 is 0. The molecular weight excluding hydrogens is 336 g/mol. The minimum absolute atomic E-state index is 0.0343. The van der Waals surface area contributed by atoms with Gasteiger partial charge in [-0.25, -0.2) is 8.78 Å². The van der Waals surface area contributed by atoms with Gasteiger partial charge in [0.25, 0.3) is 0 Å². The maximum absolute atomic E-state index is 13.5. The van der Waals surface area contributed by atoms with E-state index in [-0.39, 0.29) is 5.56 Å². The van der Waals surface area contributed by atoms with Crippen LogP contribution in [-0.2, 0) is 6.42 Å². The zero-order chi connectivity index (χ0) is 18.2. The molecule has 0 bridgehead atoms. The molecule has 0 spiro atoms. The molecule has 0 unspecified atom stereocenters. The number of hydrogen-bond acceptors (Lipinski definition) is 3. The molecule has 0 radical (unpaired) electrons. The number of halogens is 4. The summed E-state index contributed by atoms with van der Waals surface area (Å²) in [6, 6.07) is 9.42. The fourth-order valence-electron chi connectivity index (χ4n) is 2.11. The lowest BCUT2D eigenvalue weighted by molar-refractivity contribution is -0.0546. The first-order valence-corrected chi connectivity index (χ1v) is 7.58. The van der Waals surface area contributed by atoms with Crippen molar-refractivity contribution in [3.8, 4) is 5.75 Å². The van der Waals surface area contributed by atoms with Crippen molar-refractivity contribution in [2.75, 3.05) is 0 Å². The van der Waals surface area contributed by atoms with E-state index in [2.05, 4.69) is 21.9 Å². The normalized spacial score (nSPS) is 11.8. The standard InChI is InChI=1S/C18H16F4N2O/c1-2-3-12-4-6-13(7-5-12)10-23-24-11-14-8-15(19)17(16(20)9-14)25-18(21)22/h4-11,18H,2-3H2,1H3/b23-10+,24-11+. The monoisotopic (exact) mass is 352 g/mol. The Hall–Kier alpha value is -2.70. The molecule has 2 aromatic rings. The Morgan fingerprint density at radius 1 is 0.960 bits per heavy atom. The molecule has 7 heteroatoms. The van der Waals surface area contributed by atoms with Gasteiger partial charge in [-0.2, -0.15) is 19.0 Å². The summed E-state index contributed by atoms with van der Waals surface area (Å²) in [4.78, 5) is 0. The van der Waals surface area contributed by atoms with Crippen LogP contribution in [0.1, 0.15) is 30.0 Å². The van der Waals surface area contributed by atoms with Gasteiger partial charge in [-0.05, 0) is 29.7 Å². The van der Waals surface area contributed by atoms with E-state index >= 15 is 0 Å². The van der Waals surface area contributed by atoms with Gasteiger partial charge in [0.15, 0.2) is 17.4 Å². The molecule has 132 valence electrons. The largest absolute Gasteiger partial charge is 0.429 e. The van der Waals surface area contributed by atoms with Gasteiger partial charge in [-0.3, -0.25) is 0 Å². The number of alkyl halides is 2. The van der Waals surface area contributed by atoms with Crippen molar-refractivity contribution in [3.05, 3.63) is 64.7 Å². The van der Waals surface area contributed by atoms with E-state index in [9.17, 15) is 17.6 Å². The predicted octanol–water partition coefficient (Wildman–Crippen LogP) is 4.97. The van der Waals surface area contributed by atoms with Crippen LogP contribution in [0.3, 0.4) is 0 Å². The second kappa shape index (κ2) is 8.96. The zero-order valence-electron chi connectivity index (χ0n) is 13.4. The molecule has 0 heterocycles. The first-order valence-electron chi connectivity index (χ1n) is 7.58. The maximum Gasteiger partial charge on any atom is 0.387 e. The Morgan fingerprint density at radius 3 is 2.04 bits per heavy atom. The smallest absolute Gasteiger partial charge is 0.387 e. The van der Waals surface area contributed by atoms with E-state index in [0.29, 0.717) is 0 Å². The maximum atomic E-state index is 13.5. The van der Waals surface area contributed by atoms with E-state index in [4.69, 9.17) is 0 Å². The van der Waals surface area contributed by atoms with Crippen molar-refractivity contribution in [2.45, 2.75) is 26.4 Å². The van der Waals surface area contributed by atoms with Crippen LogP contribution in [-0.4, -0.2) is 19.0 Å². The Kier molecular flexibility index (Phi) is 6.68. The summed E-state index contributed by atoms with van der Waals surface area (Å²) in [5.41, 5.74) is 2.09. The van der Waals surface area contributed by atoms with Crippen molar-refractivity contribution in [3.63, 3.8) is 0 Å². The van der Waals surface area contributed by atoms with Crippen molar-refractivity contribution in [1.82, 2.24) is 0 Å². The van der Waals surface area contributed by atoms with Crippen LogP contribution in [0.2, 0.25) is 0 Å². The Morgan fingerprint density at radius 2 is 1.52 bits per heavy atom. The predicted molar refractivity (Wildman–Crippen MR) is 88.6 cm³/mol. The molecular formula is C18H16F4N2O. The number of ether oxygens (including phenoxy) is 1. The minimum atomic E-state index is -3.31. The molecule has 0 aromatic heterocycles. The molecule has 0 aliphatic heterocycles. The van der Waals surface area contributed by atoms with E-state index < -0.39 is 24.0 Å². The van der Waals surface area contributed by atoms with E-state index in [1.165, 1.54) is 11.8 Å². The lowest BCUT2D eigenvalue weighted by Crippen LogP contribution is -2.06. The van der Waals surface area contributed by atoms with Crippen LogP contribution < -0.4 is 4.74 Å². The molecule has 0 aliphatic carbocycles. The van der Waals surface area contributed by atoms with Crippen LogP contribution in [0.15, 0.2) is 46.6 Å². The van der Waals surface area contributed by atoms with Gasteiger partial charge in [-0.15, -0.1) is 0 Å². The second-order valence-electron chi connectivity index (χ2n) is 5.17. The van der Waals surface area contributed by atoms with Crippen molar-refractivity contribution in [1.29, 1.82) is 0 Å². The highest BCUT2D eigenvalue weighted by Gasteiger charge is 2.16. The average Bonchev–Trinajstić information content (AvgIpc) is 2.56. The van der Waals surface area contributed by atoms with Crippen molar-refractivity contribution >= 4 is 12.4 Å². The van der Waals surface area contributed by atoms with E-state index in [0.717, 1.165) is 36.8 Å². The van der Waals surface area contributed by atoms with E-state index in [1.807, 2.05) is 24.3 Å².